The van der Waals surface area contributed by atoms with E-state index in [4.69, 9.17) is 5.11 Å². The zero-order valence-corrected chi connectivity index (χ0v) is 9.97. The molecular formula is C8H9N5O4S. The summed E-state index contributed by atoms with van der Waals surface area (Å²) < 4.78 is 27.4. The molecule has 10 heteroatoms. The number of aromatic nitrogens is 4. The second kappa shape index (κ2) is 4.14. The van der Waals surface area contributed by atoms with E-state index in [1.54, 1.807) is 7.05 Å². The first kappa shape index (κ1) is 12.1. The molecule has 0 aliphatic carbocycles. The van der Waals surface area contributed by atoms with E-state index >= 15 is 0 Å². The minimum Gasteiger partial charge on any atom is -0.478 e. The summed E-state index contributed by atoms with van der Waals surface area (Å²) in [6.07, 6.45) is 2.34. The Labute approximate surface area is 101 Å². The van der Waals surface area contributed by atoms with Crippen LogP contribution in [0.4, 0.5) is 5.82 Å². The van der Waals surface area contributed by atoms with Crippen LogP contribution in [0.25, 0.3) is 0 Å². The predicted octanol–water partition coefficient (Wildman–Crippen LogP) is -0.358. The Bertz CT molecular complexity index is 686. The van der Waals surface area contributed by atoms with Gasteiger partial charge in [-0.05, 0) is 0 Å². The van der Waals surface area contributed by atoms with E-state index < -0.39 is 26.6 Å². The Morgan fingerprint density at radius 3 is 2.83 bits per heavy atom. The minimum atomic E-state index is -4.05. The monoisotopic (exact) mass is 271 g/mol. The third kappa shape index (κ3) is 2.05. The summed E-state index contributed by atoms with van der Waals surface area (Å²) in [6.45, 7) is 0. The van der Waals surface area contributed by atoms with Gasteiger partial charge < -0.3 is 5.11 Å². The number of carbonyl (C=O) groups is 1. The van der Waals surface area contributed by atoms with Crippen LogP contribution in [0.15, 0.2) is 23.5 Å². The highest BCUT2D eigenvalue weighted by atomic mass is 32.2. The van der Waals surface area contributed by atoms with Gasteiger partial charge in [-0.15, -0.1) is 0 Å². The van der Waals surface area contributed by atoms with E-state index in [9.17, 15) is 13.2 Å². The number of aryl methyl sites for hydroxylation is 1. The number of carboxylic acid groups (broad SMARTS) is 1. The molecule has 0 amide bonds. The fourth-order valence-electron chi connectivity index (χ4n) is 1.29. The van der Waals surface area contributed by atoms with E-state index in [0.717, 1.165) is 6.20 Å². The summed E-state index contributed by atoms with van der Waals surface area (Å²) in [5, 5.41) is 17.7. The zero-order chi connectivity index (χ0) is 13.3. The maximum atomic E-state index is 12.0. The number of rotatable bonds is 4. The predicted molar refractivity (Wildman–Crippen MR) is 59.6 cm³/mol. The SMILES string of the molecule is Cn1nccc1NS(=O)(=O)c1[nH]ncc1C(=O)O. The molecule has 0 spiro atoms. The molecule has 0 saturated heterocycles. The van der Waals surface area contributed by atoms with Crippen molar-refractivity contribution in [1.29, 1.82) is 0 Å². The van der Waals surface area contributed by atoms with Gasteiger partial charge in [0.25, 0.3) is 10.0 Å². The molecule has 2 aromatic heterocycles. The topological polar surface area (TPSA) is 130 Å². The lowest BCUT2D eigenvalue weighted by Crippen LogP contribution is -2.18. The molecule has 2 aromatic rings. The minimum absolute atomic E-state index is 0.209. The molecule has 0 saturated carbocycles. The van der Waals surface area contributed by atoms with Gasteiger partial charge in [0.1, 0.15) is 11.4 Å². The Morgan fingerprint density at radius 1 is 1.56 bits per heavy atom. The number of aromatic carboxylic acids is 1. The first-order valence-electron chi connectivity index (χ1n) is 4.69. The van der Waals surface area contributed by atoms with Crippen molar-refractivity contribution >= 4 is 21.8 Å². The number of H-pyrrole nitrogens is 1. The number of hydrogen-bond acceptors (Lipinski definition) is 5. The number of nitrogens with one attached hydrogen (secondary N) is 2. The molecule has 0 aliphatic rings. The molecule has 0 radical (unpaired) electrons. The fourth-order valence-corrected chi connectivity index (χ4v) is 2.47. The van der Waals surface area contributed by atoms with Crippen LogP contribution < -0.4 is 4.72 Å². The number of sulfonamides is 1. The maximum Gasteiger partial charge on any atom is 0.340 e. The quantitative estimate of drug-likeness (QED) is 0.696. The van der Waals surface area contributed by atoms with Gasteiger partial charge in [0.15, 0.2) is 5.03 Å². The van der Waals surface area contributed by atoms with E-state index in [-0.39, 0.29) is 5.82 Å². The van der Waals surface area contributed by atoms with Crippen molar-refractivity contribution in [3.8, 4) is 0 Å². The second-order valence-electron chi connectivity index (χ2n) is 3.36. The molecule has 0 atom stereocenters. The molecule has 0 bridgehead atoms. The first-order chi connectivity index (χ1) is 8.42. The highest BCUT2D eigenvalue weighted by Crippen LogP contribution is 2.16. The highest BCUT2D eigenvalue weighted by molar-refractivity contribution is 7.92. The average Bonchev–Trinajstić information content (AvgIpc) is 2.88. The Morgan fingerprint density at radius 2 is 2.28 bits per heavy atom. The van der Waals surface area contributed by atoms with E-state index in [1.807, 2.05) is 0 Å². The third-order valence-electron chi connectivity index (χ3n) is 2.16. The normalized spacial score (nSPS) is 11.4. The van der Waals surface area contributed by atoms with Gasteiger partial charge in [0, 0.05) is 13.1 Å². The van der Waals surface area contributed by atoms with Gasteiger partial charge in [-0.1, -0.05) is 0 Å². The number of anilines is 1. The first-order valence-corrected chi connectivity index (χ1v) is 6.17. The highest BCUT2D eigenvalue weighted by Gasteiger charge is 2.25. The lowest BCUT2D eigenvalue weighted by Gasteiger charge is -2.06. The number of carboxylic acids is 1. The van der Waals surface area contributed by atoms with Crippen LogP contribution in [0.1, 0.15) is 10.4 Å². The van der Waals surface area contributed by atoms with Gasteiger partial charge in [0.05, 0.1) is 12.4 Å². The average molecular weight is 271 g/mol. The van der Waals surface area contributed by atoms with Crippen molar-refractivity contribution in [1.82, 2.24) is 20.0 Å². The van der Waals surface area contributed by atoms with Crippen molar-refractivity contribution in [2.75, 3.05) is 4.72 Å². The molecule has 2 rings (SSSR count). The van der Waals surface area contributed by atoms with Gasteiger partial charge in [-0.25, -0.2) is 4.79 Å². The van der Waals surface area contributed by atoms with Crippen LogP contribution in [-0.2, 0) is 17.1 Å². The Balaban J connectivity index is 2.40. The van der Waals surface area contributed by atoms with E-state index in [0.29, 0.717) is 0 Å². The molecule has 0 unspecified atom stereocenters. The van der Waals surface area contributed by atoms with Crippen LogP contribution in [0.2, 0.25) is 0 Å². The molecule has 0 aromatic carbocycles. The summed E-state index contributed by atoms with van der Waals surface area (Å²) in [4.78, 5) is 10.8. The standard InChI is InChI=1S/C8H9N5O4S/c1-13-6(2-3-10-13)12-18(16,17)7-5(8(14)15)4-9-11-7/h2-4,12H,1H3,(H,9,11)(H,14,15). The van der Waals surface area contributed by atoms with Crippen LogP contribution in [0.3, 0.4) is 0 Å². The third-order valence-corrected chi connectivity index (χ3v) is 3.49. The molecule has 96 valence electrons. The molecule has 0 fully saturated rings. The molecule has 9 nitrogen and oxygen atoms in total. The summed E-state index contributed by atoms with van der Waals surface area (Å²) in [5.41, 5.74) is -0.426. The maximum absolute atomic E-state index is 12.0. The number of aromatic amines is 1. The van der Waals surface area contributed by atoms with Crippen molar-refractivity contribution in [3.63, 3.8) is 0 Å². The van der Waals surface area contributed by atoms with Crippen molar-refractivity contribution < 1.29 is 18.3 Å². The summed E-state index contributed by atoms with van der Waals surface area (Å²) in [6, 6.07) is 1.44. The molecule has 0 aliphatic heterocycles. The number of hydrogen-bond donors (Lipinski definition) is 3. The molecule has 3 N–H and O–H groups in total. The van der Waals surface area contributed by atoms with Gasteiger partial charge in [-0.3, -0.25) is 14.5 Å². The zero-order valence-electron chi connectivity index (χ0n) is 9.15. The summed E-state index contributed by atoms with van der Waals surface area (Å²) in [5.74, 6) is -1.17. The fraction of sp³-hybridized carbons (Fsp3) is 0.125. The lowest BCUT2D eigenvalue weighted by atomic mass is 10.4. The van der Waals surface area contributed by atoms with E-state index in [1.165, 1.54) is 16.9 Å². The van der Waals surface area contributed by atoms with Crippen LogP contribution in [0.5, 0.6) is 0 Å². The summed E-state index contributed by atoms with van der Waals surface area (Å²) in [7, 11) is -2.50. The molecule has 18 heavy (non-hydrogen) atoms. The van der Waals surface area contributed by atoms with Crippen molar-refractivity contribution in [2.24, 2.45) is 7.05 Å². The van der Waals surface area contributed by atoms with Gasteiger partial charge in [-0.2, -0.15) is 18.6 Å². The van der Waals surface area contributed by atoms with Gasteiger partial charge in [0.2, 0.25) is 0 Å². The lowest BCUT2D eigenvalue weighted by molar-refractivity contribution is 0.0692. The van der Waals surface area contributed by atoms with E-state index in [2.05, 4.69) is 20.0 Å². The van der Waals surface area contributed by atoms with Crippen LogP contribution >= 0.6 is 0 Å². The van der Waals surface area contributed by atoms with Gasteiger partial charge >= 0.3 is 5.97 Å². The van der Waals surface area contributed by atoms with Crippen molar-refractivity contribution in [2.45, 2.75) is 5.03 Å². The Kier molecular flexibility index (Phi) is 2.79. The number of nitrogens with zero attached hydrogens (tertiary/aromatic N) is 3. The smallest absolute Gasteiger partial charge is 0.340 e. The van der Waals surface area contributed by atoms with Crippen LogP contribution in [0, 0.1) is 0 Å². The molecule has 2 heterocycles. The second-order valence-corrected chi connectivity index (χ2v) is 4.98. The largest absolute Gasteiger partial charge is 0.478 e. The molecular weight excluding hydrogens is 262 g/mol. The van der Waals surface area contributed by atoms with Crippen molar-refractivity contribution in [3.05, 3.63) is 24.0 Å². The Hall–Kier alpha value is -2.36. The summed E-state index contributed by atoms with van der Waals surface area (Å²) >= 11 is 0. The van der Waals surface area contributed by atoms with Crippen LogP contribution in [-0.4, -0.2) is 39.5 Å².